The number of amides is 3. The normalized spacial score (nSPS) is 16.0. The summed E-state index contributed by atoms with van der Waals surface area (Å²) in [6, 6.07) is 13.9. The molecule has 216 valence electrons. The van der Waals surface area contributed by atoms with Gasteiger partial charge in [0.15, 0.2) is 0 Å². The Balaban J connectivity index is 1.61. The second-order valence-corrected chi connectivity index (χ2v) is 9.83. The van der Waals surface area contributed by atoms with Gasteiger partial charge in [-0.05, 0) is 55.6 Å². The van der Waals surface area contributed by atoms with Crippen LogP contribution in [0.15, 0.2) is 54.6 Å². The molecule has 1 heterocycles. The zero-order valence-corrected chi connectivity index (χ0v) is 22.7. The number of para-hydroxylation sites is 1. The van der Waals surface area contributed by atoms with Gasteiger partial charge in [0, 0.05) is 26.1 Å². The van der Waals surface area contributed by atoms with Gasteiger partial charge in [0.25, 0.3) is 0 Å². The van der Waals surface area contributed by atoms with Crippen molar-refractivity contribution >= 4 is 23.9 Å². The Labute approximate surface area is 233 Å². The number of hydrogen-bond donors (Lipinski definition) is 5. The molecule has 5 N–H and O–H groups in total. The first-order valence-electron chi connectivity index (χ1n) is 13.6. The minimum atomic E-state index is -1.23. The molecule has 0 bridgehead atoms. The molecule has 1 aliphatic rings. The molecular formula is C29H38N4O7. The van der Waals surface area contributed by atoms with Crippen molar-refractivity contribution in [2.75, 3.05) is 26.2 Å². The Hall–Kier alpha value is -4.12. The highest BCUT2D eigenvalue weighted by molar-refractivity contribution is 5.84. The summed E-state index contributed by atoms with van der Waals surface area (Å²) in [5, 5.41) is 27.8. The summed E-state index contributed by atoms with van der Waals surface area (Å²) in [4.78, 5) is 50.8. The number of carbonyl (C=O) groups is 4. The van der Waals surface area contributed by atoms with Crippen molar-refractivity contribution in [3.8, 4) is 11.5 Å². The monoisotopic (exact) mass is 554 g/mol. The van der Waals surface area contributed by atoms with E-state index in [-0.39, 0.29) is 38.0 Å². The van der Waals surface area contributed by atoms with Crippen molar-refractivity contribution in [1.29, 1.82) is 0 Å². The molecule has 0 aliphatic carbocycles. The summed E-state index contributed by atoms with van der Waals surface area (Å²) in [7, 11) is 0. The van der Waals surface area contributed by atoms with Gasteiger partial charge in [0.05, 0.1) is 12.0 Å². The van der Waals surface area contributed by atoms with Gasteiger partial charge in [-0.2, -0.15) is 0 Å². The lowest BCUT2D eigenvalue weighted by Gasteiger charge is -2.28. The van der Waals surface area contributed by atoms with E-state index < -0.39 is 29.9 Å². The fourth-order valence-corrected chi connectivity index (χ4v) is 4.37. The summed E-state index contributed by atoms with van der Waals surface area (Å²) in [6.45, 7) is 2.62. The van der Waals surface area contributed by atoms with Crippen molar-refractivity contribution in [2.24, 2.45) is 5.92 Å². The fourth-order valence-electron chi connectivity index (χ4n) is 4.37. The fraction of sp³-hybridized carbons (Fsp3) is 0.448. The highest BCUT2D eigenvalue weighted by Gasteiger charge is 2.29. The molecule has 11 nitrogen and oxygen atoms in total. The van der Waals surface area contributed by atoms with Gasteiger partial charge in [-0.1, -0.05) is 43.7 Å². The molecule has 0 spiro atoms. The van der Waals surface area contributed by atoms with Gasteiger partial charge in [-0.3, -0.25) is 9.59 Å². The quantitative estimate of drug-likeness (QED) is 0.225. The zero-order chi connectivity index (χ0) is 28.9. The van der Waals surface area contributed by atoms with Crippen LogP contribution >= 0.6 is 0 Å². The van der Waals surface area contributed by atoms with Crippen molar-refractivity contribution in [3.05, 3.63) is 60.2 Å². The Morgan fingerprint density at radius 3 is 2.33 bits per heavy atom. The minimum absolute atomic E-state index is 0.0289. The first-order chi connectivity index (χ1) is 19.3. The number of benzene rings is 2. The van der Waals surface area contributed by atoms with Gasteiger partial charge < -0.3 is 35.8 Å². The Kier molecular flexibility index (Phi) is 11.8. The van der Waals surface area contributed by atoms with Crippen LogP contribution in [0.4, 0.5) is 4.79 Å². The number of carboxylic acids is 2. The van der Waals surface area contributed by atoms with Gasteiger partial charge in [0.2, 0.25) is 5.91 Å². The number of carbonyl (C=O) groups excluding carboxylic acids is 2. The number of aliphatic carboxylic acids is 2. The number of nitrogens with one attached hydrogen (secondary N) is 3. The van der Waals surface area contributed by atoms with Crippen molar-refractivity contribution < 1.29 is 34.1 Å². The van der Waals surface area contributed by atoms with Crippen molar-refractivity contribution in [3.63, 3.8) is 0 Å². The second-order valence-electron chi connectivity index (χ2n) is 9.83. The first-order valence-corrected chi connectivity index (χ1v) is 13.6. The van der Waals surface area contributed by atoms with Crippen LogP contribution in [0.3, 0.4) is 0 Å². The summed E-state index contributed by atoms with van der Waals surface area (Å²) in [5.74, 6) is -2.41. The topological polar surface area (TPSA) is 157 Å². The summed E-state index contributed by atoms with van der Waals surface area (Å²) < 4.78 is 5.77. The minimum Gasteiger partial charge on any atom is -0.481 e. The predicted octanol–water partition coefficient (Wildman–Crippen LogP) is 2.86. The molecule has 0 aromatic heterocycles. The lowest BCUT2D eigenvalue weighted by atomic mass is 10.1. The molecule has 3 rings (SSSR count). The van der Waals surface area contributed by atoms with Crippen molar-refractivity contribution in [1.82, 2.24) is 20.9 Å². The van der Waals surface area contributed by atoms with Gasteiger partial charge in [-0.25, -0.2) is 9.59 Å². The van der Waals surface area contributed by atoms with E-state index in [0.29, 0.717) is 29.9 Å². The van der Waals surface area contributed by atoms with Crippen LogP contribution in [0.5, 0.6) is 11.5 Å². The number of unbranched alkanes of at least 4 members (excludes halogenated alkanes) is 1. The van der Waals surface area contributed by atoms with Crippen LogP contribution in [-0.4, -0.2) is 77.3 Å². The number of rotatable bonds is 15. The van der Waals surface area contributed by atoms with Crippen LogP contribution in [-0.2, 0) is 20.8 Å². The third-order valence-corrected chi connectivity index (χ3v) is 6.70. The molecule has 11 heteroatoms. The van der Waals surface area contributed by atoms with Crippen LogP contribution in [0.2, 0.25) is 0 Å². The molecule has 0 radical (unpaired) electrons. The zero-order valence-electron chi connectivity index (χ0n) is 22.7. The molecule has 3 atom stereocenters. The molecule has 2 aromatic carbocycles. The molecule has 1 fully saturated rings. The summed E-state index contributed by atoms with van der Waals surface area (Å²) in [6.07, 6.45) is 2.96. The first kappa shape index (κ1) is 30.4. The van der Waals surface area contributed by atoms with Gasteiger partial charge in [0.1, 0.15) is 17.5 Å². The maximum atomic E-state index is 13.2. The van der Waals surface area contributed by atoms with E-state index in [0.717, 1.165) is 19.4 Å². The maximum absolute atomic E-state index is 13.2. The van der Waals surface area contributed by atoms with Crippen LogP contribution in [0, 0.1) is 5.92 Å². The van der Waals surface area contributed by atoms with E-state index in [1.165, 1.54) is 4.90 Å². The Morgan fingerprint density at radius 1 is 1.02 bits per heavy atom. The largest absolute Gasteiger partial charge is 0.481 e. The van der Waals surface area contributed by atoms with E-state index in [9.17, 15) is 29.4 Å². The number of nitrogens with zero attached hydrogens (tertiary/aromatic N) is 1. The van der Waals surface area contributed by atoms with Gasteiger partial charge >= 0.3 is 18.0 Å². The van der Waals surface area contributed by atoms with E-state index >= 15 is 0 Å². The van der Waals surface area contributed by atoms with E-state index in [1.807, 2.05) is 37.3 Å². The van der Waals surface area contributed by atoms with E-state index in [1.54, 1.807) is 24.3 Å². The standard InChI is InChI=1S/C29H38N4O7/c1-2-3-16-33(19-21(27(35)36)18-31-26(34)24-10-7-15-30-24)29(39)32-25(28(37)38)17-20-11-13-23(14-12-20)40-22-8-5-4-6-9-22/h4-6,8-9,11-14,21,24-25,30H,2-3,7,10,15-19H2,1H3,(H,31,34)(H,32,39)(H,35,36)(H,37,38)/t21-,24-,25-/m0/s1. The average molecular weight is 555 g/mol. The number of hydrogen-bond acceptors (Lipinski definition) is 6. The lowest BCUT2D eigenvalue weighted by molar-refractivity contribution is -0.142. The summed E-state index contributed by atoms with van der Waals surface area (Å²) in [5.41, 5.74) is 0.680. The van der Waals surface area contributed by atoms with Crippen LogP contribution < -0.4 is 20.7 Å². The molecular weight excluding hydrogens is 516 g/mol. The van der Waals surface area contributed by atoms with Gasteiger partial charge in [-0.15, -0.1) is 0 Å². The average Bonchev–Trinajstić information content (AvgIpc) is 3.49. The molecule has 2 aromatic rings. The predicted molar refractivity (Wildman–Crippen MR) is 148 cm³/mol. The highest BCUT2D eigenvalue weighted by atomic mass is 16.5. The lowest BCUT2D eigenvalue weighted by Crippen LogP contribution is -2.52. The molecule has 0 saturated carbocycles. The van der Waals surface area contributed by atoms with Crippen LogP contribution in [0.25, 0.3) is 0 Å². The van der Waals surface area contributed by atoms with Crippen molar-refractivity contribution in [2.45, 2.75) is 51.1 Å². The number of urea groups is 1. The third kappa shape index (κ3) is 9.57. The highest BCUT2D eigenvalue weighted by Crippen LogP contribution is 2.21. The molecule has 1 aliphatic heterocycles. The maximum Gasteiger partial charge on any atom is 0.326 e. The van der Waals surface area contributed by atoms with E-state index in [2.05, 4.69) is 16.0 Å². The molecule has 40 heavy (non-hydrogen) atoms. The number of ether oxygens (including phenoxy) is 1. The molecule has 3 amide bonds. The third-order valence-electron chi connectivity index (χ3n) is 6.70. The smallest absolute Gasteiger partial charge is 0.326 e. The molecule has 1 saturated heterocycles. The molecule has 0 unspecified atom stereocenters. The SMILES string of the molecule is CCCCN(C[C@H](CNC(=O)[C@@H]1CCCN1)C(=O)O)C(=O)N[C@@H](Cc1ccc(Oc2ccccc2)cc1)C(=O)O. The Bertz CT molecular complexity index is 1120. The van der Waals surface area contributed by atoms with E-state index in [4.69, 9.17) is 4.74 Å². The summed E-state index contributed by atoms with van der Waals surface area (Å²) >= 11 is 0. The van der Waals surface area contributed by atoms with Crippen LogP contribution in [0.1, 0.15) is 38.2 Å². The number of carboxylic acid groups (broad SMARTS) is 2. The Morgan fingerprint density at radius 2 is 1.73 bits per heavy atom. The second kappa shape index (κ2) is 15.5.